The number of hydrogen-bond donors (Lipinski definition) is 1. The highest BCUT2D eigenvalue weighted by Gasteiger charge is 2.30. The highest BCUT2D eigenvalue weighted by Crippen LogP contribution is 2.31. The molecule has 0 saturated heterocycles. The summed E-state index contributed by atoms with van der Waals surface area (Å²) in [6, 6.07) is 1.66. The van der Waals surface area contributed by atoms with Gasteiger partial charge >= 0.3 is 11.7 Å². The largest absolute Gasteiger partial charge is 0.491 e. The average Bonchev–Trinajstić information content (AvgIpc) is 3.49. The number of hydrogen-bond acceptors (Lipinski definition) is 10. The fourth-order valence-electron chi connectivity index (χ4n) is 3.15. The molecule has 192 valence electrons. The van der Waals surface area contributed by atoms with Crippen molar-refractivity contribution in [3.05, 3.63) is 52.4 Å². The van der Waals surface area contributed by atoms with Gasteiger partial charge in [-0.25, -0.2) is 9.78 Å². The minimum Gasteiger partial charge on any atom is -0.491 e. The number of esters is 1. The molecule has 13 heteroatoms. The normalized spacial score (nSPS) is 12.1. The van der Waals surface area contributed by atoms with E-state index in [0.29, 0.717) is 11.3 Å². The molecule has 0 aliphatic heterocycles. The van der Waals surface area contributed by atoms with Crippen LogP contribution in [0.15, 0.2) is 35.3 Å². The zero-order valence-corrected chi connectivity index (χ0v) is 20.7. The van der Waals surface area contributed by atoms with Crippen molar-refractivity contribution in [3.8, 4) is 17.2 Å². The van der Waals surface area contributed by atoms with E-state index in [-0.39, 0.29) is 48.6 Å². The Bertz CT molecular complexity index is 1250. The zero-order chi connectivity index (χ0) is 26.5. The standard InChI is InChI=1S/C23H28N6O7/c1-6-34-22(31)16-12-36-21(26-16)15-7-8-24-9-18(15)35-11-14(2)23(3,4)13-25-20(30)19-17(29(32)33)10-28(5)27-19/h7-10,12,14H,6,11,13H2,1-5H3,(H,25,30). The lowest BCUT2D eigenvalue weighted by Gasteiger charge is -2.31. The fourth-order valence-corrected chi connectivity index (χ4v) is 3.15. The van der Waals surface area contributed by atoms with Crippen molar-refractivity contribution in [3.63, 3.8) is 0 Å². The van der Waals surface area contributed by atoms with Gasteiger partial charge in [-0.15, -0.1) is 0 Å². The molecule has 1 atom stereocenters. The Labute approximate surface area is 207 Å². The van der Waals surface area contributed by atoms with E-state index < -0.39 is 22.2 Å². The summed E-state index contributed by atoms with van der Waals surface area (Å²) in [5.74, 6) is -0.682. The molecule has 0 fully saturated rings. The molecule has 3 heterocycles. The van der Waals surface area contributed by atoms with Crippen LogP contribution in [-0.4, -0.2) is 56.3 Å². The number of oxazole rings is 1. The minimum atomic E-state index is -0.640. The Kier molecular flexibility index (Phi) is 8.02. The molecule has 0 aliphatic carbocycles. The van der Waals surface area contributed by atoms with Crippen LogP contribution in [0.25, 0.3) is 11.5 Å². The number of ether oxygens (including phenoxy) is 2. The maximum absolute atomic E-state index is 12.5. The second-order valence-corrected chi connectivity index (χ2v) is 8.81. The number of carbonyl (C=O) groups excluding carboxylic acids is 2. The van der Waals surface area contributed by atoms with Crippen molar-refractivity contribution in [2.45, 2.75) is 27.7 Å². The van der Waals surface area contributed by atoms with Gasteiger partial charge in [0.25, 0.3) is 5.91 Å². The molecule has 13 nitrogen and oxygen atoms in total. The third kappa shape index (κ3) is 6.03. The quantitative estimate of drug-likeness (QED) is 0.235. The lowest BCUT2D eigenvalue weighted by molar-refractivity contribution is -0.385. The van der Waals surface area contributed by atoms with Gasteiger partial charge in [-0.05, 0) is 24.3 Å². The smallest absolute Gasteiger partial charge is 0.360 e. The molecular weight excluding hydrogens is 472 g/mol. The number of pyridine rings is 1. The summed E-state index contributed by atoms with van der Waals surface area (Å²) in [5, 5.41) is 17.8. The number of aromatic nitrogens is 4. The molecule has 3 rings (SSSR count). The first-order chi connectivity index (χ1) is 17.0. The number of nitrogens with one attached hydrogen (secondary N) is 1. The van der Waals surface area contributed by atoms with Crippen LogP contribution in [0.4, 0.5) is 5.69 Å². The summed E-state index contributed by atoms with van der Waals surface area (Å²) < 4.78 is 17.6. The average molecular weight is 501 g/mol. The van der Waals surface area contributed by atoms with Gasteiger partial charge in [-0.3, -0.25) is 24.6 Å². The van der Waals surface area contributed by atoms with Crippen LogP contribution in [0, 0.1) is 21.4 Å². The number of nitro groups is 1. The summed E-state index contributed by atoms with van der Waals surface area (Å²) >= 11 is 0. The maximum Gasteiger partial charge on any atom is 0.360 e. The molecule has 0 aliphatic rings. The van der Waals surface area contributed by atoms with Crippen molar-refractivity contribution < 1.29 is 28.4 Å². The van der Waals surface area contributed by atoms with Crippen LogP contribution in [0.2, 0.25) is 0 Å². The van der Waals surface area contributed by atoms with Gasteiger partial charge in [0.05, 0.1) is 29.9 Å². The van der Waals surface area contributed by atoms with Gasteiger partial charge in [0.1, 0.15) is 18.2 Å². The first kappa shape index (κ1) is 26.3. The Morgan fingerprint density at radius 1 is 1.36 bits per heavy atom. The summed E-state index contributed by atoms with van der Waals surface area (Å²) in [6.07, 6.45) is 5.48. The van der Waals surface area contributed by atoms with Gasteiger partial charge < -0.3 is 19.2 Å². The number of nitrogens with zero attached hydrogens (tertiary/aromatic N) is 5. The Balaban J connectivity index is 1.64. The highest BCUT2D eigenvalue weighted by molar-refractivity contribution is 5.96. The van der Waals surface area contributed by atoms with Gasteiger partial charge in [0.2, 0.25) is 11.6 Å². The monoisotopic (exact) mass is 500 g/mol. The first-order valence-corrected chi connectivity index (χ1v) is 11.2. The molecule has 3 aromatic rings. The van der Waals surface area contributed by atoms with E-state index in [1.54, 1.807) is 19.2 Å². The van der Waals surface area contributed by atoms with Crippen molar-refractivity contribution >= 4 is 17.6 Å². The summed E-state index contributed by atoms with van der Waals surface area (Å²) in [4.78, 5) is 43.3. The summed E-state index contributed by atoms with van der Waals surface area (Å²) in [7, 11) is 1.51. The first-order valence-electron chi connectivity index (χ1n) is 11.2. The van der Waals surface area contributed by atoms with Gasteiger partial charge in [-0.2, -0.15) is 5.10 Å². The van der Waals surface area contributed by atoms with Crippen molar-refractivity contribution in [1.82, 2.24) is 25.1 Å². The molecular formula is C23H28N6O7. The van der Waals surface area contributed by atoms with Crippen molar-refractivity contribution in [2.24, 2.45) is 18.4 Å². The fraction of sp³-hybridized carbons (Fsp3) is 0.435. The second-order valence-electron chi connectivity index (χ2n) is 8.81. The van der Waals surface area contributed by atoms with E-state index in [4.69, 9.17) is 13.9 Å². The predicted octanol–water partition coefficient (Wildman–Crippen LogP) is 3.03. The highest BCUT2D eigenvalue weighted by atomic mass is 16.6. The minimum absolute atomic E-state index is 0.0491. The molecule has 0 aromatic carbocycles. The zero-order valence-electron chi connectivity index (χ0n) is 20.7. The second kappa shape index (κ2) is 11.0. The Morgan fingerprint density at radius 2 is 2.11 bits per heavy atom. The van der Waals surface area contributed by atoms with E-state index >= 15 is 0 Å². The van der Waals surface area contributed by atoms with Crippen LogP contribution in [0.1, 0.15) is 48.7 Å². The summed E-state index contributed by atoms with van der Waals surface area (Å²) in [6.45, 7) is 8.25. The lowest BCUT2D eigenvalue weighted by Crippen LogP contribution is -2.40. The van der Waals surface area contributed by atoms with E-state index in [0.717, 1.165) is 0 Å². The topological polar surface area (TPSA) is 165 Å². The summed E-state index contributed by atoms with van der Waals surface area (Å²) in [5.41, 5.74) is -0.475. The van der Waals surface area contributed by atoms with Crippen molar-refractivity contribution in [2.75, 3.05) is 19.8 Å². The Hall–Kier alpha value is -4.29. The molecule has 0 bridgehead atoms. The van der Waals surface area contributed by atoms with Gasteiger partial charge in [0, 0.05) is 19.8 Å². The van der Waals surface area contributed by atoms with Crippen molar-refractivity contribution in [1.29, 1.82) is 0 Å². The predicted molar refractivity (Wildman–Crippen MR) is 126 cm³/mol. The van der Waals surface area contributed by atoms with E-state index in [1.165, 1.54) is 30.4 Å². The molecule has 36 heavy (non-hydrogen) atoms. The van der Waals surface area contributed by atoms with Crippen LogP contribution in [0.5, 0.6) is 5.75 Å². The molecule has 1 amide bonds. The van der Waals surface area contributed by atoms with E-state index in [9.17, 15) is 19.7 Å². The van der Waals surface area contributed by atoms with Crippen LogP contribution < -0.4 is 10.1 Å². The number of rotatable bonds is 11. The molecule has 0 radical (unpaired) electrons. The number of aryl methyl sites for hydroxylation is 1. The molecule has 3 aromatic heterocycles. The van der Waals surface area contributed by atoms with Crippen LogP contribution in [-0.2, 0) is 11.8 Å². The van der Waals surface area contributed by atoms with Crippen LogP contribution >= 0.6 is 0 Å². The number of amides is 1. The number of carbonyl (C=O) groups is 2. The third-order valence-electron chi connectivity index (χ3n) is 5.75. The SMILES string of the molecule is CCOC(=O)c1coc(-c2ccncc2OCC(C)C(C)(C)CNC(=O)c2nn(C)cc2[N+](=O)[O-])n1. The molecule has 0 spiro atoms. The molecule has 1 unspecified atom stereocenters. The molecule has 0 saturated carbocycles. The van der Waals surface area contributed by atoms with Gasteiger partial charge in [0.15, 0.2) is 5.69 Å². The third-order valence-corrected chi connectivity index (χ3v) is 5.75. The lowest BCUT2D eigenvalue weighted by atomic mass is 9.80. The van der Waals surface area contributed by atoms with E-state index in [2.05, 4.69) is 20.4 Å². The maximum atomic E-state index is 12.5. The molecule has 1 N–H and O–H groups in total. The Morgan fingerprint density at radius 3 is 2.81 bits per heavy atom. The van der Waals surface area contributed by atoms with Crippen LogP contribution in [0.3, 0.4) is 0 Å². The van der Waals surface area contributed by atoms with Gasteiger partial charge in [-0.1, -0.05) is 20.8 Å². The van der Waals surface area contributed by atoms with E-state index in [1.807, 2.05) is 20.8 Å².